The summed E-state index contributed by atoms with van der Waals surface area (Å²) in [5.74, 6) is 0.438. The lowest BCUT2D eigenvalue weighted by Gasteiger charge is -2.00. The Bertz CT molecular complexity index is 393. The third-order valence-corrected chi connectivity index (χ3v) is 2.00. The zero-order valence-corrected chi connectivity index (χ0v) is 8.02. The van der Waals surface area contributed by atoms with E-state index < -0.39 is 0 Å². The fraction of sp³-hybridized carbons (Fsp3) is 0.0909. The van der Waals surface area contributed by atoms with Crippen LogP contribution < -0.4 is 5.73 Å². The number of halogens is 1. The van der Waals surface area contributed by atoms with E-state index in [1.54, 1.807) is 24.5 Å². The van der Waals surface area contributed by atoms with Crippen LogP contribution in [0.25, 0.3) is 0 Å². The molecule has 0 aliphatic rings. The number of nitrogen functional groups attached to an aromatic ring is 1. The van der Waals surface area contributed by atoms with Crippen LogP contribution in [-0.4, -0.2) is 9.97 Å². The summed E-state index contributed by atoms with van der Waals surface area (Å²) >= 11 is 0. The lowest BCUT2D eigenvalue weighted by Crippen LogP contribution is -1.97. The summed E-state index contributed by atoms with van der Waals surface area (Å²) in [4.78, 5) is 8.13. The molecule has 1 aromatic carbocycles. The molecule has 76 valence electrons. The number of benzene rings is 1. The fourth-order valence-electron chi connectivity index (χ4n) is 1.24. The molecule has 0 saturated carbocycles. The molecule has 4 heteroatoms. The first kappa shape index (κ1) is 9.58. The van der Waals surface area contributed by atoms with Gasteiger partial charge in [-0.15, -0.1) is 0 Å². The number of nitrogens with zero attached hydrogens (tertiary/aromatic N) is 2. The van der Waals surface area contributed by atoms with Crippen LogP contribution in [0.4, 0.5) is 10.1 Å². The molecule has 2 rings (SSSR count). The van der Waals surface area contributed by atoms with Gasteiger partial charge in [-0.3, -0.25) is 0 Å². The van der Waals surface area contributed by atoms with Gasteiger partial charge in [0.15, 0.2) is 0 Å². The second-order valence-electron chi connectivity index (χ2n) is 3.24. The number of hydrogen-bond acceptors (Lipinski definition) is 3. The van der Waals surface area contributed by atoms with Gasteiger partial charge in [-0.25, -0.2) is 14.4 Å². The molecule has 0 unspecified atom stereocenters. The fourth-order valence-corrected chi connectivity index (χ4v) is 1.24. The number of anilines is 1. The van der Waals surface area contributed by atoms with Crippen molar-refractivity contribution < 1.29 is 4.39 Å². The molecule has 0 atom stereocenters. The zero-order chi connectivity index (χ0) is 10.7. The van der Waals surface area contributed by atoms with Gasteiger partial charge >= 0.3 is 0 Å². The Balaban J connectivity index is 2.15. The van der Waals surface area contributed by atoms with E-state index >= 15 is 0 Å². The second-order valence-corrected chi connectivity index (χ2v) is 3.24. The summed E-state index contributed by atoms with van der Waals surface area (Å²) in [6.07, 6.45) is 3.71. The van der Waals surface area contributed by atoms with Gasteiger partial charge in [0.25, 0.3) is 0 Å². The first-order valence-electron chi connectivity index (χ1n) is 4.55. The van der Waals surface area contributed by atoms with E-state index in [0.717, 1.165) is 5.56 Å². The predicted octanol–water partition coefficient (Wildman–Crippen LogP) is 1.79. The molecule has 0 aliphatic heterocycles. The standard InChI is InChI=1S/C11H10FN3/c12-9-3-1-8(2-4-9)5-11-14-6-10(13)7-15-11/h1-4,6-7H,5,13H2. The van der Waals surface area contributed by atoms with Crippen molar-refractivity contribution in [1.82, 2.24) is 9.97 Å². The molecule has 2 N–H and O–H groups in total. The topological polar surface area (TPSA) is 51.8 Å². The third kappa shape index (κ3) is 2.49. The Morgan fingerprint density at radius 3 is 2.27 bits per heavy atom. The summed E-state index contributed by atoms with van der Waals surface area (Å²) in [6, 6.07) is 6.28. The van der Waals surface area contributed by atoms with Crippen molar-refractivity contribution in [3.63, 3.8) is 0 Å². The van der Waals surface area contributed by atoms with Gasteiger partial charge in [-0.05, 0) is 17.7 Å². The van der Waals surface area contributed by atoms with Crippen LogP contribution in [-0.2, 0) is 6.42 Å². The lowest BCUT2D eigenvalue weighted by molar-refractivity contribution is 0.627. The van der Waals surface area contributed by atoms with E-state index in [-0.39, 0.29) is 5.82 Å². The maximum Gasteiger partial charge on any atom is 0.132 e. The smallest absolute Gasteiger partial charge is 0.132 e. The predicted molar refractivity (Wildman–Crippen MR) is 55.7 cm³/mol. The van der Waals surface area contributed by atoms with E-state index in [4.69, 9.17) is 5.73 Å². The highest BCUT2D eigenvalue weighted by molar-refractivity contribution is 5.31. The lowest BCUT2D eigenvalue weighted by atomic mass is 10.1. The minimum absolute atomic E-state index is 0.239. The van der Waals surface area contributed by atoms with Gasteiger partial charge in [-0.2, -0.15) is 0 Å². The van der Waals surface area contributed by atoms with Crippen molar-refractivity contribution >= 4 is 5.69 Å². The highest BCUT2D eigenvalue weighted by atomic mass is 19.1. The van der Waals surface area contributed by atoms with Crippen LogP contribution in [0.15, 0.2) is 36.7 Å². The highest BCUT2D eigenvalue weighted by Crippen LogP contribution is 2.07. The maximum atomic E-state index is 12.6. The van der Waals surface area contributed by atoms with E-state index in [2.05, 4.69) is 9.97 Å². The van der Waals surface area contributed by atoms with Crippen molar-refractivity contribution in [3.05, 3.63) is 53.9 Å². The summed E-state index contributed by atoms with van der Waals surface area (Å²) in [6.45, 7) is 0. The van der Waals surface area contributed by atoms with Gasteiger partial charge in [-0.1, -0.05) is 12.1 Å². The molecule has 0 amide bonds. The Morgan fingerprint density at radius 2 is 1.67 bits per heavy atom. The van der Waals surface area contributed by atoms with Gasteiger partial charge in [0.05, 0.1) is 18.1 Å². The van der Waals surface area contributed by atoms with Gasteiger partial charge in [0.1, 0.15) is 11.6 Å². The van der Waals surface area contributed by atoms with Crippen LogP contribution in [0.2, 0.25) is 0 Å². The first-order chi connectivity index (χ1) is 7.24. The average molecular weight is 203 g/mol. The molecule has 3 nitrogen and oxygen atoms in total. The normalized spacial score (nSPS) is 10.2. The molecule has 0 radical (unpaired) electrons. The molecule has 1 heterocycles. The highest BCUT2D eigenvalue weighted by Gasteiger charge is 1.99. The Kier molecular flexibility index (Phi) is 2.58. The summed E-state index contributed by atoms with van der Waals surface area (Å²) in [5.41, 5.74) is 6.98. The number of rotatable bonds is 2. The monoisotopic (exact) mass is 203 g/mol. The summed E-state index contributed by atoms with van der Waals surface area (Å²) in [7, 11) is 0. The number of hydrogen-bond donors (Lipinski definition) is 1. The molecule has 0 saturated heterocycles. The number of nitrogens with two attached hydrogens (primary N) is 1. The zero-order valence-electron chi connectivity index (χ0n) is 8.02. The van der Waals surface area contributed by atoms with Crippen LogP contribution in [0.5, 0.6) is 0 Å². The third-order valence-electron chi connectivity index (χ3n) is 2.00. The largest absolute Gasteiger partial charge is 0.396 e. The molecule has 15 heavy (non-hydrogen) atoms. The Hall–Kier alpha value is -1.97. The molecule has 1 aromatic heterocycles. The minimum atomic E-state index is -0.239. The maximum absolute atomic E-state index is 12.6. The van der Waals surface area contributed by atoms with E-state index in [9.17, 15) is 4.39 Å². The molecule has 0 bridgehead atoms. The van der Waals surface area contributed by atoms with Crippen molar-refractivity contribution in [3.8, 4) is 0 Å². The average Bonchev–Trinajstić information content (AvgIpc) is 2.25. The van der Waals surface area contributed by atoms with Gasteiger partial charge in [0, 0.05) is 6.42 Å². The van der Waals surface area contributed by atoms with Crippen molar-refractivity contribution in [1.29, 1.82) is 0 Å². The summed E-state index contributed by atoms with van der Waals surface area (Å²) < 4.78 is 12.6. The Morgan fingerprint density at radius 1 is 1.07 bits per heavy atom. The van der Waals surface area contributed by atoms with Crippen molar-refractivity contribution in [2.75, 3.05) is 5.73 Å². The van der Waals surface area contributed by atoms with Crippen LogP contribution in [0, 0.1) is 5.82 Å². The second kappa shape index (κ2) is 4.04. The number of aromatic nitrogens is 2. The van der Waals surface area contributed by atoms with E-state index in [1.165, 1.54) is 12.1 Å². The minimum Gasteiger partial charge on any atom is -0.396 e. The van der Waals surface area contributed by atoms with Crippen molar-refractivity contribution in [2.45, 2.75) is 6.42 Å². The molecule has 0 fully saturated rings. The van der Waals surface area contributed by atoms with Crippen LogP contribution in [0.1, 0.15) is 11.4 Å². The van der Waals surface area contributed by atoms with Crippen LogP contribution in [0.3, 0.4) is 0 Å². The first-order valence-corrected chi connectivity index (χ1v) is 4.55. The molecule has 2 aromatic rings. The van der Waals surface area contributed by atoms with Gasteiger partial charge in [0.2, 0.25) is 0 Å². The van der Waals surface area contributed by atoms with E-state index in [0.29, 0.717) is 17.9 Å². The quantitative estimate of drug-likeness (QED) is 0.809. The molecule has 0 spiro atoms. The summed E-state index contributed by atoms with van der Waals surface area (Å²) in [5, 5.41) is 0. The SMILES string of the molecule is Nc1cnc(Cc2ccc(F)cc2)nc1. The molecular formula is C11H10FN3. The van der Waals surface area contributed by atoms with Crippen molar-refractivity contribution in [2.24, 2.45) is 0 Å². The van der Waals surface area contributed by atoms with E-state index in [1.807, 2.05) is 0 Å². The molecular weight excluding hydrogens is 193 g/mol. The Labute approximate surface area is 86.8 Å². The van der Waals surface area contributed by atoms with Gasteiger partial charge < -0.3 is 5.73 Å². The molecule has 0 aliphatic carbocycles. The van der Waals surface area contributed by atoms with Crippen LogP contribution >= 0.6 is 0 Å².